The van der Waals surface area contributed by atoms with Gasteiger partial charge in [0.15, 0.2) is 11.6 Å². The SMILES string of the molecule is Cc1c(N)noc1-c1ccc([N+](=O)[O-])cc1. The van der Waals surface area contributed by atoms with Gasteiger partial charge in [0, 0.05) is 23.3 Å². The maximum Gasteiger partial charge on any atom is 0.269 e. The van der Waals surface area contributed by atoms with Gasteiger partial charge < -0.3 is 10.3 Å². The molecular weight excluding hydrogens is 210 g/mol. The van der Waals surface area contributed by atoms with Crippen molar-refractivity contribution in [2.45, 2.75) is 6.92 Å². The lowest BCUT2D eigenvalue weighted by molar-refractivity contribution is -0.384. The van der Waals surface area contributed by atoms with Crippen molar-refractivity contribution in [2.75, 3.05) is 5.73 Å². The molecule has 0 atom stereocenters. The molecule has 6 heteroatoms. The van der Waals surface area contributed by atoms with Crippen molar-refractivity contribution in [3.05, 3.63) is 39.9 Å². The van der Waals surface area contributed by atoms with E-state index >= 15 is 0 Å². The molecule has 0 aliphatic heterocycles. The molecule has 0 amide bonds. The van der Waals surface area contributed by atoms with Gasteiger partial charge in [0.25, 0.3) is 5.69 Å². The summed E-state index contributed by atoms with van der Waals surface area (Å²) in [4.78, 5) is 10.0. The summed E-state index contributed by atoms with van der Waals surface area (Å²) < 4.78 is 5.04. The fourth-order valence-corrected chi connectivity index (χ4v) is 1.35. The first kappa shape index (κ1) is 10.2. The molecule has 2 aromatic rings. The molecule has 0 bridgehead atoms. The van der Waals surface area contributed by atoms with E-state index in [1.54, 1.807) is 19.1 Å². The van der Waals surface area contributed by atoms with Crippen LogP contribution in [0.25, 0.3) is 11.3 Å². The van der Waals surface area contributed by atoms with E-state index in [1.807, 2.05) is 0 Å². The maximum absolute atomic E-state index is 10.5. The summed E-state index contributed by atoms with van der Waals surface area (Å²) in [5.74, 6) is 0.862. The summed E-state index contributed by atoms with van der Waals surface area (Å²) in [6, 6.07) is 6.02. The average molecular weight is 219 g/mol. The number of anilines is 1. The minimum absolute atomic E-state index is 0.0360. The smallest absolute Gasteiger partial charge is 0.269 e. The summed E-state index contributed by atoms with van der Waals surface area (Å²) in [6.45, 7) is 1.78. The molecule has 1 heterocycles. The molecule has 0 spiro atoms. The highest BCUT2D eigenvalue weighted by Crippen LogP contribution is 2.27. The summed E-state index contributed by atoms with van der Waals surface area (Å²) >= 11 is 0. The van der Waals surface area contributed by atoms with Gasteiger partial charge in [-0.1, -0.05) is 5.16 Å². The second kappa shape index (κ2) is 3.65. The first-order chi connectivity index (χ1) is 7.59. The Kier molecular flexibility index (Phi) is 2.32. The molecule has 0 radical (unpaired) electrons. The third-order valence-electron chi connectivity index (χ3n) is 2.30. The first-order valence-corrected chi connectivity index (χ1v) is 4.56. The van der Waals surface area contributed by atoms with Crippen LogP contribution >= 0.6 is 0 Å². The molecule has 1 aromatic heterocycles. The van der Waals surface area contributed by atoms with Gasteiger partial charge in [-0.15, -0.1) is 0 Å². The normalized spacial score (nSPS) is 10.3. The molecule has 2 N–H and O–H groups in total. The Morgan fingerprint density at radius 1 is 1.38 bits per heavy atom. The third-order valence-corrected chi connectivity index (χ3v) is 2.30. The largest absolute Gasteiger partial charge is 0.381 e. The molecule has 82 valence electrons. The Bertz CT molecular complexity index is 531. The zero-order valence-corrected chi connectivity index (χ0v) is 8.51. The fourth-order valence-electron chi connectivity index (χ4n) is 1.35. The second-order valence-electron chi connectivity index (χ2n) is 3.33. The van der Waals surface area contributed by atoms with Gasteiger partial charge in [-0.05, 0) is 19.1 Å². The number of hydrogen-bond acceptors (Lipinski definition) is 5. The van der Waals surface area contributed by atoms with E-state index < -0.39 is 4.92 Å². The molecule has 0 aliphatic rings. The molecule has 0 saturated heterocycles. The number of rotatable bonds is 2. The molecule has 0 fully saturated rings. The summed E-state index contributed by atoms with van der Waals surface area (Å²) in [5, 5.41) is 14.1. The molecule has 0 aliphatic carbocycles. The Hall–Kier alpha value is -2.37. The molecule has 6 nitrogen and oxygen atoms in total. The van der Waals surface area contributed by atoms with Crippen LogP contribution in [0, 0.1) is 17.0 Å². The van der Waals surface area contributed by atoms with Crippen LogP contribution in [0.15, 0.2) is 28.8 Å². The lowest BCUT2D eigenvalue weighted by Gasteiger charge is -1.96. The lowest BCUT2D eigenvalue weighted by Crippen LogP contribution is -1.88. The van der Waals surface area contributed by atoms with Gasteiger partial charge in [-0.3, -0.25) is 10.1 Å². The van der Waals surface area contributed by atoms with E-state index in [4.69, 9.17) is 10.3 Å². The Morgan fingerprint density at radius 3 is 2.44 bits per heavy atom. The summed E-state index contributed by atoms with van der Waals surface area (Å²) in [7, 11) is 0. The molecule has 1 aromatic carbocycles. The van der Waals surface area contributed by atoms with E-state index in [0.29, 0.717) is 17.1 Å². The van der Waals surface area contributed by atoms with Crippen molar-refractivity contribution < 1.29 is 9.45 Å². The summed E-state index contributed by atoms with van der Waals surface area (Å²) in [5.41, 5.74) is 7.02. The quantitative estimate of drug-likeness (QED) is 0.616. The van der Waals surface area contributed by atoms with Crippen LogP contribution < -0.4 is 5.73 Å². The van der Waals surface area contributed by atoms with Gasteiger partial charge in [0.1, 0.15) is 0 Å². The van der Waals surface area contributed by atoms with Gasteiger partial charge in [-0.25, -0.2) is 0 Å². The van der Waals surface area contributed by atoms with Gasteiger partial charge in [0.05, 0.1) is 4.92 Å². The van der Waals surface area contributed by atoms with Crippen LogP contribution in [-0.2, 0) is 0 Å². The maximum atomic E-state index is 10.5. The predicted molar refractivity (Wildman–Crippen MR) is 57.7 cm³/mol. The van der Waals surface area contributed by atoms with E-state index in [1.165, 1.54) is 12.1 Å². The Balaban J connectivity index is 2.42. The van der Waals surface area contributed by atoms with Crippen LogP contribution in [0.3, 0.4) is 0 Å². The second-order valence-corrected chi connectivity index (χ2v) is 3.33. The van der Waals surface area contributed by atoms with Crippen LogP contribution in [0.2, 0.25) is 0 Å². The number of nitrogen functional groups attached to an aromatic ring is 1. The highest BCUT2D eigenvalue weighted by molar-refractivity contribution is 5.66. The zero-order chi connectivity index (χ0) is 11.7. The highest BCUT2D eigenvalue weighted by Gasteiger charge is 2.12. The topological polar surface area (TPSA) is 95.2 Å². The van der Waals surface area contributed by atoms with Gasteiger partial charge >= 0.3 is 0 Å². The number of non-ortho nitro benzene ring substituents is 1. The molecule has 0 saturated carbocycles. The average Bonchev–Trinajstić information content (AvgIpc) is 2.60. The molecular formula is C10H9N3O3. The highest BCUT2D eigenvalue weighted by atomic mass is 16.6. The van der Waals surface area contributed by atoms with E-state index in [0.717, 1.165) is 5.56 Å². The van der Waals surface area contributed by atoms with Crippen molar-refractivity contribution in [1.82, 2.24) is 5.16 Å². The first-order valence-electron chi connectivity index (χ1n) is 4.56. The van der Waals surface area contributed by atoms with Crippen molar-refractivity contribution in [3.8, 4) is 11.3 Å². The van der Waals surface area contributed by atoms with Crippen LogP contribution in [0.1, 0.15) is 5.56 Å². The van der Waals surface area contributed by atoms with Gasteiger partial charge in [-0.2, -0.15) is 0 Å². The molecule has 16 heavy (non-hydrogen) atoms. The van der Waals surface area contributed by atoms with Crippen LogP contribution in [0.5, 0.6) is 0 Å². The van der Waals surface area contributed by atoms with Crippen molar-refractivity contribution in [2.24, 2.45) is 0 Å². The van der Waals surface area contributed by atoms with E-state index in [-0.39, 0.29) is 5.69 Å². The van der Waals surface area contributed by atoms with Crippen molar-refractivity contribution in [1.29, 1.82) is 0 Å². The van der Waals surface area contributed by atoms with E-state index in [2.05, 4.69) is 5.16 Å². The fraction of sp³-hybridized carbons (Fsp3) is 0.100. The van der Waals surface area contributed by atoms with Crippen molar-refractivity contribution in [3.63, 3.8) is 0 Å². The number of nitrogens with zero attached hydrogens (tertiary/aromatic N) is 2. The number of aromatic nitrogens is 1. The predicted octanol–water partition coefficient (Wildman–Crippen LogP) is 2.14. The zero-order valence-electron chi connectivity index (χ0n) is 8.51. The molecule has 0 unspecified atom stereocenters. The minimum Gasteiger partial charge on any atom is -0.381 e. The lowest BCUT2D eigenvalue weighted by atomic mass is 10.1. The van der Waals surface area contributed by atoms with Crippen molar-refractivity contribution >= 4 is 11.5 Å². The van der Waals surface area contributed by atoms with E-state index in [9.17, 15) is 10.1 Å². The number of nitro benzene ring substituents is 1. The number of hydrogen-bond donors (Lipinski definition) is 1. The third kappa shape index (κ3) is 1.60. The summed E-state index contributed by atoms with van der Waals surface area (Å²) in [6.07, 6.45) is 0. The minimum atomic E-state index is -0.453. The number of nitro groups is 1. The number of nitrogens with two attached hydrogens (primary N) is 1. The number of benzene rings is 1. The van der Waals surface area contributed by atoms with Crippen LogP contribution in [0.4, 0.5) is 11.5 Å². The Labute approximate surface area is 90.8 Å². The molecule has 2 rings (SSSR count). The standard InChI is InChI=1S/C10H9N3O3/c1-6-9(16-12-10(6)11)7-2-4-8(5-3-7)13(14)15/h2-5H,1H3,(H2,11,12). The van der Waals surface area contributed by atoms with Gasteiger partial charge in [0.2, 0.25) is 0 Å². The monoisotopic (exact) mass is 219 g/mol. The van der Waals surface area contributed by atoms with Crippen LogP contribution in [-0.4, -0.2) is 10.1 Å². The Morgan fingerprint density at radius 2 is 2.00 bits per heavy atom.